The molecule has 3 aliphatic rings. The van der Waals surface area contributed by atoms with Gasteiger partial charge in [0.25, 0.3) is 0 Å². The molecule has 2 aliphatic carbocycles. The number of rotatable bonds is 3. The van der Waals surface area contributed by atoms with Crippen LogP contribution >= 0.6 is 0 Å². The van der Waals surface area contributed by atoms with Gasteiger partial charge in [-0.05, 0) is 72.8 Å². The van der Waals surface area contributed by atoms with Gasteiger partial charge in [0.1, 0.15) is 23.8 Å². The molecule has 1 aromatic carbocycles. The van der Waals surface area contributed by atoms with Crippen LogP contribution in [0.3, 0.4) is 0 Å². The standard InChI is InChI=1S/C26H27F2N5/c1-25(2)18-8-10-26(25,16-5-4-12-33(14-16)22-9-11-29-15-30-22)24-17(18)13-21(31-32-24)23-19(27)6-3-7-20(23)28/h3,6-7,9,11,13,15-16,18H,4-5,8,10,12,14H2,1-2H3. The van der Waals surface area contributed by atoms with E-state index in [1.165, 1.54) is 18.2 Å². The van der Waals surface area contributed by atoms with E-state index in [9.17, 15) is 8.78 Å². The van der Waals surface area contributed by atoms with Crippen molar-refractivity contribution in [1.29, 1.82) is 0 Å². The van der Waals surface area contributed by atoms with Crippen LogP contribution < -0.4 is 4.90 Å². The number of aromatic nitrogens is 4. The Morgan fingerprint density at radius 3 is 2.64 bits per heavy atom. The van der Waals surface area contributed by atoms with Crippen molar-refractivity contribution in [3.05, 3.63) is 65.7 Å². The molecule has 0 spiro atoms. The Kier molecular flexibility index (Phi) is 4.55. The number of nitrogens with zero attached hydrogens (tertiary/aromatic N) is 5. The third-order valence-corrected chi connectivity index (χ3v) is 8.70. The fourth-order valence-electron chi connectivity index (χ4n) is 7.20. The quantitative estimate of drug-likeness (QED) is 0.547. The van der Waals surface area contributed by atoms with Crippen molar-refractivity contribution in [2.45, 2.75) is 50.9 Å². The summed E-state index contributed by atoms with van der Waals surface area (Å²) in [5, 5.41) is 9.09. The molecule has 7 heteroatoms. The number of anilines is 1. The molecule has 3 heterocycles. The highest BCUT2D eigenvalue weighted by atomic mass is 19.1. The van der Waals surface area contributed by atoms with Gasteiger partial charge >= 0.3 is 0 Å². The monoisotopic (exact) mass is 447 g/mol. The van der Waals surface area contributed by atoms with E-state index in [4.69, 9.17) is 5.10 Å². The minimum absolute atomic E-state index is 0.00420. The molecule has 0 N–H and O–H groups in total. The van der Waals surface area contributed by atoms with E-state index < -0.39 is 11.6 Å². The van der Waals surface area contributed by atoms with Gasteiger partial charge in [0.05, 0.1) is 17.0 Å². The molecule has 2 aromatic heterocycles. The summed E-state index contributed by atoms with van der Waals surface area (Å²) < 4.78 is 28.9. The van der Waals surface area contributed by atoms with Crippen LogP contribution in [0.2, 0.25) is 0 Å². The van der Waals surface area contributed by atoms with Crippen LogP contribution in [-0.4, -0.2) is 33.3 Å². The summed E-state index contributed by atoms with van der Waals surface area (Å²) in [5.41, 5.74) is 2.26. The molecule has 3 aromatic rings. The molecular formula is C26H27F2N5. The Hall–Kier alpha value is -2.96. The van der Waals surface area contributed by atoms with Gasteiger partial charge in [0.15, 0.2) is 0 Å². The first-order valence-corrected chi connectivity index (χ1v) is 11.8. The molecule has 5 nitrogen and oxygen atoms in total. The van der Waals surface area contributed by atoms with E-state index in [2.05, 4.69) is 33.8 Å². The van der Waals surface area contributed by atoms with Gasteiger partial charge in [-0.3, -0.25) is 0 Å². The normalized spacial score (nSPS) is 27.6. The van der Waals surface area contributed by atoms with Crippen molar-refractivity contribution in [1.82, 2.24) is 20.2 Å². The Labute approximate surface area is 192 Å². The smallest absolute Gasteiger partial charge is 0.135 e. The van der Waals surface area contributed by atoms with E-state index in [-0.39, 0.29) is 22.1 Å². The molecule has 33 heavy (non-hydrogen) atoms. The Balaban J connectivity index is 1.43. The summed E-state index contributed by atoms with van der Waals surface area (Å²) >= 11 is 0. The minimum Gasteiger partial charge on any atom is -0.356 e. The van der Waals surface area contributed by atoms with Crippen molar-refractivity contribution in [3.63, 3.8) is 0 Å². The molecule has 0 amide bonds. The van der Waals surface area contributed by atoms with E-state index in [0.717, 1.165) is 55.8 Å². The third-order valence-electron chi connectivity index (χ3n) is 8.70. The fourth-order valence-corrected chi connectivity index (χ4v) is 7.20. The first-order chi connectivity index (χ1) is 15.9. The number of piperidine rings is 1. The third kappa shape index (κ3) is 2.80. The topological polar surface area (TPSA) is 54.8 Å². The van der Waals surface area contributed by atoms with E-state index in [1.807, 2.05) is 12.1 Å². The van der Waals surface area contributed by atoms with Crippen molar-refractivity contribution in [2.24, 2.45) is 11.3 Å². The van der Waals surface area contributed by atoms with E-state index in [0.29, 0.717) is 11.8 Å². The maximum Gasteiger partial charge on any atom is 0.135 e. The largest absolute Gasteiger partial charge is 0.356 e. The van der Waals surface area contributed by atoms with Gasteiger partial charge in [0, 0.05) is 24.7 Å². The number of benzene rings is 1. The number of fused-ring (bicyclic) bond motifs is 5. The van der Waals surface area contributed by atoms with Crippen LogP contribution in [0.5, 0.6) is 0 Å². The van der Waals surface area contributed by atoms with Gasteiger partial charge in [-0.25, -0.2) is 18.7 Å². The highest BCUT2D eigenvalue weighted by Gasteiger charge is 2.66. The molecule has 1 saturated heterocycles. The Morgan fingerprint density at radius 1 is 1.06 bits per heavy atom. The van der Waals surface area contributed by atoms with Crippen molar-refractivity contribution in [3.8, 4) is 11.3 Å². The lowest BCUT2D eigenvalue weighted by atomic mass is 9.59. The van der Waals surface area contributed by atoms with Crippen LogP contribution in [-0.2, 0) is 5.41 Å². The molecule has 2 fully saturated rings. The SMILES string of the molecule is CC1(C)C2CCC1(C1CCCN(c3ccncn3)C1)c1nnc(-c3c(F)cccc3F)cc12. The van der Waals surface area contributed by atoms with Gasteiger partial charge in [-0.2, -0.15) is 10.2 Å². The minimum atomic E-state index is -0.603. The van der Waals surface area contributed by atoms with Crippen LogP contribution in [0.15, 0.2) is 42.9 Å². The molecule has 1 aliphatic heterocycles. The predicted octanol–water partition coefficient (Wildman–Crippen LogP) is 5.28. The highest BCUT2D eigenvalue weighted by Crippen LogP contribution is 2.70. The molecule has 2 bridgehead atoms. The van der Waals surface area contributed by atoms with Gasteiger partial charge in [-0.15, -0.1) is 0 Å². The zero-order valence-corrected chi connectivity index (χ0v) is 18.9. The highest BCUT2D eigenvalue weighted by molar-refractivity contribution is 5.63. The van der Waals surface area contributed by atoms with Gasteiger partial charge in [-0.1, -0.05) is 19.9 Å². The molecular weight excluding hydrogens is 420 g/mol. The van der Waals surface area contributed by atoms with Crippen molar-refractivity contribution in [2.75, 3.05) is 18.0 Å². The molecule has 1 saturated carbocycles. The summed E-state index contributed by atoms with van der Waals surface area (Å²) in [7, 11) is 0. The van der Waals surface area contributed by atoms with Crippen molar-refractivity contribution < 1.29 is 8.78 Å². The van der Waals surface area contributed by atoms with Gasteiger partial charge in [0.2, 0.25) is 0 Å². The summed E-state index contributed by atoms with van der Waals surface area (Å²) in [6, 6.07) is 7.80. The number of hydrogen-bond donors (Lipinski definition) is 0. The summed E-state index contributed by atoms with van der Waals surface area (Å²) in [4.78, 5) is 10.9. The predicted molar refractivity (Wildman–Crippen MR) is 122 cm³/mol. The first kappa shape index (κ1) is 20.6. The average molecular weight is 448 g/mol. The maximum atomic E-state index is 14.5. The van der Waals surface area contributed by atoms with E-state index >= 15 is 0 Å². The number of hydrogen-bond acceptors (Lipinski definition) is 5. The molecule has 0 radical (unpaired) electrons. The average Bonchev–Trinajstić information content (AvgIpc) is 3.21. The van der Waals surface area contributed by atoms with Crippen LogP contribution in [0, 0.1) is 23.0 Å². The summed E-state index contributed by atoms with van der Waals surface area (Å²) in [5.74, 6) is 0.482. The van der Waals surface area contributed by atoms with Gasteiger partial charge < -0.3 is 4.90 Å². The Morgan fingerprint density at radius 2 is 1.88 bits per heavy atom. The lowest BCUT2D eigenvalue weighted by Crippen LogP contribution is -2.50. The van der Waals surface area contributed by atoms with Crippen LogP contribution in [0.25, 0.3) is 11.3 Å². The zero-order valence-electron chi connectivity index (χ0n) is 18.9. The lowest BCUT2D eigenvalue weighted by molar-refractivity contribution is 0.112. The maximum absolute atomic E-state index is 14.5. The second-order valence-corrected chi connectivity index (χ2v) is 10.3. The molecule has 6 rings (SSSR count). The van der Waals surface area contributed by atoms with E-state index in [1.54, 1.807) is 12.5 Å². The molecule has 3 atom stereocenters. The second-order valence-electron chi connectivity index (χ2n) is 10.3. The zero-order chi connectivity index (χ0) is 22.8. The molecule has 3 unspecified atom stereocenters. The fraction of sp³-hybridized carbons (Fsp3) is 0.462. The Bertz CT molecular complexity index is 1190. The summed E-state index contributed by atoms with van der Waals surface area (Å²) in [6.07, 6.45) is 7.75. The van der Waals surface area contributed by atoms with Crippen LogP contribution in [0.1, 0.15) is 56.7 Å². The second kappa shape index (κ2) is 7.27. The summed E-state index contributed by atoms with van der Waals surface area (Å²) in [6.45, 7) is 6.59. The van der Waals surface area contributed by atoms with Crippen LogP contribution in [0.4, 0.5) is 14.6 Å². The number of halogens is 2. The first-order valence-electron chi connectivity index (χ1n) is 11.8. The molecule has 170 valence electrons. The van der Waals surface area contributed by atoms with Crippen molar-refractivity contribution >= 4 is 5.82 Å². The lowest BCUT2D eigenvalue weighted by Gasteiger charge is -2.48.